The number of aliphatic hydroxyl groups is 3. The van der Waals surface area contributed by atoms with Gasteiger partial charge in [-0.15, -0.1) is 0 Å². The third-order valence-electron chi connectivity index (χ3n) is 6.05. The summed E-state index contributed by atoms with van der Waals surface area (Å²) in [6.07, 6.45) is -1.04. The molecule has 3 rings (SSSR count). The Kier molecular flexibility index (Phi) is 6.04. The van der Waals surface area contributed by atoms with Crippen LogP contribution >= 0.6 is 11.6 Å². The van der Waals surface area contributed by atoms with E-state index in [2.05, 4.69) is 22.2 Å². The summed E-state index contributed by atoms with van der Waals surface area (Å²) in [7, 11) is 1.63. The quantitative estimate of drug-likeness (QED) is 0.412. The summed E-state index contributed by atoms with van der Waals surface area (Å²) >= 11 is 6.31. The van der Waals surface area contributed by atoms with Gasteiger partial charge >= 0.3 is 0 Å². The Bertz CT molecular complexity index is 647. The molecule has 7 atom stereocenters. The fourth-order valence-electron chi connectivity index (χ4n) is 4.48. The molecular weight excluding hydrogens is 358 g/mol. The molecule has 0 radical (unpaired) electrons. The molecule has 0 amide bonds. The van der Waals surface area contributed by atoms with E-state index < -0.39 is 12.2 Å². The fourth-order valence-corrected chi connectivity index (χ4v) is 4.66. The number of anilines is 1. The molecule has 7 nitrogen and oxygen atoms in total. The van der Waals surface area contributed by atoms with Crippen LogP contribution in [-0.2, 0) is 4.74 Å². The van der Waals surface area contributed by atoms with Gasteiger partial charge in [0.2, 0.25) is 5.95 Å². The molecule has 0 saturated heterocycles. The second-order valence-electron chi connectivity index (χ2n) is 7.55. The van der Waals surface area contributed by atoms with Crippen molar-refractivity contribution in [3.05, 3.63) is 16.4 Å². The molecule has 2 fully saturated rings. The minimum atomic E-state index is -0.861. The smallest absolute Gasteiger partial charge is 0.224 e. The summed E-state index contributed by atoms with van der Waals surface area (Å²) in [6.45, 7) is 5.07. The van der Waals surface area contributed by atoms with E-state index in [9.17, 15) is 15.3 Å². The molecule has 2 aliphatic rings. The van der Waals surface area contributed by atoms with E-state index >= 15 is 0 Å². The van der Waals surface area contributed by atoms with Crippen LogP contribution in [-0.4, -0.2) is 64.4 Å². The molecule has 4 N–H and O–H groups in total. The Morgan fingerprint density at radius 2 is 2.00 bits per heavy atom. The van der Waals surface area contributed by atoms with Gasteiger partial charge in [-0.1, -0.05) is 18.5 Å². The van der Waals surface area contributed by atoms with Crippen LogP contribution in [0.2, 0.25) is 5.15 Å². The van der Waals surface area contributed by atoms with Crippen molar-refractivity contribution in [2.45, 2.75) is 38.4 Å². The second kappa shape index (κ2) is 7.94. The van der Waals surface area contributed by atoms with Crippen molar-refractivity contribution < 1.29 is 20.1 Å². The first-order valence-electron chi connectivity index (χ1n) is 9.14. The molecular formula is C18H28ClN3O4. The highest BCUT2D eigenvalue weighted by molar-refractivity contribution is 6.30. The van der Waals surface area contributed by atoms with Crippen LogP contribution in [0.1, 0.15) is 30.5 Å². The highest BCUT2D eigenvalue weighted by atomic mass is 35.5. The second-order valence-corrected chi connectivity index (χ2v) is 7.91. The lowest BCUT2D eigenvalue weighted by atomic mass is 9.95. The topological polar surface area (TPSA) is 108 Å². The van der Waals surface area contributed by atoms with E-state index in [1.165, 1.54) is 0 Å². The maximum atomic E-state index is 10.4. The summed E-state index contributed by atoms with van der Waals surface area (Å²) in [4.78, 5) is 8.95. The first-order chi connectivity index (χ1) is 12.4. The lowest BCUT2D eigenvalue weighted by Gasteiger charge is -2.17. The molecule has 0 spiro atoms. The molecule has 2 aliphatic carbocycles. The highest BCUT2D eigenvalue weighted by Gasteiger charge is 2.58. The first kappa shape index (κ1) is 19.8. The van der Waals surface area contributed by atoms with E-state index in [0.29, 0.717) is 36.6 Å². The number of rotatable bonds is 7. The molecule has 0 aliphatic heterocycles. The number of hydrogen-bond donors (Lipinski definition) is 4. The van der Waals surface area contributed by atoms with Gasteiger partial charge in [0.05, 0.1) is 24.5 Å². The van der Waals surface area contributed by atoms with Crippen molar-refractivity contribution in [1.29, 1.82) is 0 Å². The van der Waals surface area contributed by atoms with Gasteiger partial charge in [-0.3, -0.25) is 0 Å². The van der Waals surface area contributed by atoms with Gasteiger partial charge in [0.1, 0.15) is 5.15 Å². The van der Waals surface area contributed by atoms with Gasteiger partial charge in [-0.2, -0.15) is 0 Å². The van der Waals surface area contributed by atoms with Crippen LogP contribution in [0.15, 0.2) is 0 Å². The zero-order chi connectivity index (χ0) is 19.0. The fraction of sp³-hybridized carbons (Fsp3) is 0.778. The summed E-state index contributed by atoms with van der Waals surface area (Å²) in [5.41, 5.74) is 1.76. The van der Waals surface area contributed by atoms with Crippen LogP contribution in [0.25, 0.3) is 0 Å². The summed E-state index contributed by atoms with van der Waals surface area (Å²) in [6, 6.07) is 0. The molecule has 0 bridgehead atoms. The normalized spacial score (nSPS) is 36.3. The van der Waals surface area contributed by atoms with E-state index in [1.54, 1.807) is 7.11 Å². The van der Waals surface area contributed by atoms with Gasteiger partial charge in [-0.05, 0) is 31.1 Å². The summed E-state index contributed by atoms with van der Waals surface area (Å²) < 4.78 is 5.03. The maximum absolute atomic E-state index is 10.4. The van der Waals surface area contributed by atoms with Crippen molar-refractivity contribution in [1.82, 2.24) is 9.97 Å². The molecule has 2 saturated carbocycles. The molecule has 1 heterocycles. The molecule has 8 heteroatoms. The Balaban J connectivity index is 1.79. The van der Waals surface area contributed by atoms with Gasteiger partial charge in [-0.25, -0.2) is 9.97 Å². The van der Waals surface area contributed by atoms with E-state index in [1.807, 2.05) is 6.92 Å². The van der Waals surface area contributed by atoms with E-state index in [-0.39, 0.29) is 30.3 Å². The van der Waals surface area contributed by atoms with Crippen LogP contribution < -0.4 is 5.32 Å². The van der Waals surface area contributed by atoms with Crippen molar-refractivity contribution in [2.75, 3.05) is 32.2 Å². The first-order valence-corrected chi connectivity index (χ1v) is 9.52. The van der Waals surface area contributed by atoms with Crippen molar-refractivity contribution in [3.8, 4) is 0 Å². The zero-order valence-corrected chi connectivity index (χ0v) is 16.1. The maximum Gasteiger partial charge on any atom is 0.224 e. The standard InChI is InChI=1S/C18H28ClN3O4/c1-8-12(11-6-10(7-23)15(24)16(11)25)13(8)14-9(2)17(19)22-18(21-14)20-4-5-26-3/h8,10-13,15-16,23-25H,4-7H2,1-3H3,(H,20,21,22). The van der Waals surface area contributed by atoms with E-state index in [4.69, 9.17) is 16.3 Å². The molecule has 1 aromatic heterocycles. The predicted octanol–water partition coefficient (Wildman–Crippen LogP) is 1.20. The highest BCUT2D eigenvalue weighted by Crippen LogP contribution is 2.61. The summed E-state index contributed by atoms with van der Waals surface area (Å²) in [5.74, 6) is 0.891. The number of ether oxygens (including phenoxy) is 1. The van der Waals surface area contributed by atoms with Crippen molar-refractivity contribution in [2.24, 2.45) is 23.7 Å². The van der Waals surface area contributed by atoms with Crippen LogP contribution in [0.4, 0.5) is 5.95 Å². The average Bonchev–Trinajstić information content (AvgIpc) is 3.19. The predicted molar refractivity (Wildman–Crippen MR) is 98.2 cm³/mol. The number of halogens is 1. The van der Waals surface area contributed by atoms with Crippen LogP contribution in [0, 0.1) is 30.6 Å². The number of aromatic nitrogens is 2. The van der Waals surface area contributed by atoms with Gasteiger partial charge in [0.15, 0.2) is 0 Å². The molecule has 26 heavy (non-hydrogen) atoms. The Labute approximate surface area is 158 Å². The third-order valence-corrected chi connectivity index (χ3v) is 6.42. The van der Waals surface area contributed by atoms with Gasteiger partial charge in [0.25, 0.3) is 0 Å². The Hall–Kier alpha value is -0.990. The Morgan fingerprint density at radius 1 is 1.27 bits per heavy atom. The third kappa shape index (κ3) is 3.55. The molecule has 146 valence electrons. The van der Waals surface area contributed by atoms with Crippen LogP contribution in [0.5, 0.6) is 0 Å². The molecule has 7 unspecified atom stereocenters. The number of nitrogens with zero attached hydrogens (tertiary/aromatic N) is 2. The molecule has 0 aromatic carbocycles. The van der Waals surface area contributed by atoms with Gasteiger partial charge in [0, 0.05) is 37.7 Å². The zero-order valence-electron chi connectivity index (χ0n) is 15.4. The Morgan fingerprint density at radius 3 is 2.62 bits per heavy atom. The minimum Gasteiger partial charge on any atom is -0.396 e. The monoisotopic (exact) mass is 385 g/mol. The minimum absolute atomic E-state index is 0.0415. The summed E-state index contributed by atoms with van der Waals surface area (Å²) in [5, 5.41) is 33.5. The lowest BCUT2D eigenvalue weighted by Crippen LogP contribution is -2.30. The largest absolute Gasteiger partial charge is 0.396 e. The van der Waals surface area contributed by atoms with Crippen molar-refractivity contribution in [3.63, 3.8) is 0 Å². The molecule has 1 aromatic rings. The number of hydrogen-bond acceptors (Lipinski definition) is 7. The average molecular weight is 386 g/mol. The lowest BCUT2D eigenvalue weighted by molar-refractivity contribution is -0.00953. The van der Waals surface area contributed by atoms with E-state index in [0.717, 1.165) is 11.3 Å². The van der Waals surface area contributed by atoms with Gasteiger partial charge < -0.3 is 25.4 Å². The number of aliphatic hydroxyl groups excluding tert-OH is 3. The SMILES string of the molecule is COCCNc1nc(Cl)c(C)c(C2C(C)C2C2CC(CO)C(O)C2O)n1. The van der Waals surface area contributed by atoms with Crippen molar-refractivity contribution >= 4 is 17.5 Å². The number of methoxy groups -OCH3 is 1. The number of nitrogens with one attached hydrogen (secondary N) is 1. The van der Waals surface area contributed by atoms with Crippen LogP contribution in [0.3, 0.4) is 0 Å².